The van der Waals surface area contributed by atoms with Crippen LogP contribution >= 0.6 is 0 Å². The van der Waals surface area contributed by atoms with E-state index in [0.29, 0.717) is 10.2 Å². The largest absolute Gasteiger partial charge is 0.508 e. The molecule has 0 radical (unpaired) electrons. The molecule has 0 saturated heterocycles. The van der Waals surface area contributed by atoms with Crippen molar-refractivity contribution in [2.45, 2.75) is 0 Å². The van der Waals surface area contributed by atoms with Crippen molar-refractivity contribution in [3.8, 4) is 5.75 Å². The van der Waals surface area contributed by atoms with Crippen molar-refractivity contribution in [1.29, 1.82) is 0 Å². The van der Waals surface area contributed by atoms with Gasteiger partial charge >= 0.3 is 5.97 Å². The van der Waals surface area contributed by atoms with Crippen molar-refractivity contribution in [1.82, 2.24) is 0 Å². The average molecular weight is 479 g/mol. The molecular weight excluding hydrogens is 461 g/mol. The van der Waals surface area contributed by atoms with E-state index in [1.165, 1.54) is 0 Å². The summed E-state index contributed by atoms with van der Waals surface area (Å²) in [6.07, 6.45) is 0. The second kappa shape index (κ2) is 6.84. The number of quaternary nitrogens is 1. The molecule has 0 spiro atoms. The molecule has 0 saturated carbocycles. The number of para-hydroxylation sites is 1. The number of rotatable bonds is 2. The van der Waals surface area contributed by atoms with Crippen molar-refractivity contribution < 1.29 is 19.5 Å². The Balaban J connectivity index is 0. The maximum atomic E-state index is 10.00. The third-order valence-electron chi connectivity index (χ3n) is 1.37. The van der Waals surface area contributed by atoms with Gasteiger partial charge in [-0.25, -0.2) is 4.79 Å². The fourth-order valence-electron chi connectivity index (χ4n) is 0.834. The number of phenols is 1. The molecule has 2 N–H and O–H groups in total. The Kier molecular flexibility index (Phi) is 6.80. The number of nitrogens with zero attached hydrogens (tertiary/aromatic N) is 1. The van der Waals surface area contributed by atoms with E-state index in [2.05, 4.69) is 0 Å². The van der Waals surface area contributed by atoms with Crippen LogP contribution in [0.25, 0.3) is 0 Å². The van der Waals surface area contributed by atoms with E-state index in [0.717, 1.165) is 0 Å². The number of aromatic hydroxyl groups is 1. The zero-order valence-electron chi connectivity index (χ0n) is 10.1. The Labute approximate surface area is 90.0 Å². The molecule has 0 bridgehead atoms. The van der Waals surface area contributed by atoms with Crippen LogP contribution in [-0.4, -0.2) is 48.4 Å². The number of carbonyl (C=O) groups is 1. The molecule has 0 amide bonds. The number of carboxylic acid groups (broad SMARTS) is 1. The molecule has 0 heterocycles. The van der Waals surface area contributed by atoms with Crippen LogP contribution in [0.15, 0.2) is 30.3 Å². The van der Waals surface area contributed by atoms with Gasteiger partial charge in [-0.2, -0.15) is 0 Å². The Morgan fingerprint density at radius 2 is 1.62 bits per heavy atom. The summed E-state index contributed by atoms with van der Waals surface area (Å²) in [5, 5.41) is 16.9. The first-order valence-electron chi connectivity index (χ1n) is 4.57. The smallest absolute Gasteiger partial charge is 0.359 e. The molecule has 1 aromatic carbocycles. The SMILES string of the molecule is C[N+](C)(C)CC(=O)O.Oc1ccccc1.[Rf]. The summed E-state index contributed by atoms with van der Waals surface area (Å²) in [6, 6.07) is 8.71. The van der Waals surface area contributed by atoms with Gasteiger partial charge in [0.15, 0.2) is 6.54 Å². The van der Waals surface area contributed by atoms with E-state index in [1.54, 1.807) is 24.3 Å². The molecule has 5 heteroatoms. The molecule has 4 nitrogen and oxygen atoms in total. The number of carboxylic acids is 1. The molecule has 0 aliphatic carbocycles. The number of phenolic OH excluding ortho intramolecular Hbond substituents is 1. The van der Waals surface area contributed by atoms with Crippen molar-refractivity contribution in [3.05, 3.63) is 30.3 Å². The van der Waals surface area contributed by atoms with Crippen LogP contribution in [0.3, 0.4) is 0 Å². The molecule has 1 aromatic rings. The van der Waals surface area contributed by atoms with E-state index in [4.69, 9.17) is 10.2 Å². The minimum atomic E-state index is -0.752. The van der Waals surface area contributed by atoms with Crippen LogP contribution in [0, 0.1) is 0 Å². The Morgan fingerprint density at radius 3 is 1.75 bits per heavy atom. The second-order valence-corrected chi connectivity index (χ2v) is 4.18. The normalized spacial score (nSPS) is 9.44. The summed E-state index contributed by atoms with van der Waals surface area (Å²) in [6.45, 7) is 0.181. The molecule has 1 rings (SSSR count). The zero-order chi connectivity index (χ0) is 11.9. The van der Waals surface area contributed by atoms with Gasteiger partial charge in [-0.05, 0) is 12.1 Å². The summed E-state index contributed by atoms with van der Waals surface area (Å²) in [7, 11) is 5.52. The van der Waals surface area contributed by atoms with Crippen LogP contribution in [-0.2, 0) is 4.79 Å². The Morgan fingerprint density at radius 1 is 1.19 bits per heavy atom. The number of hydrogen-bond acceptors (Lipinski definition) is 2. The van der Waals surface area contributed by atoms with Crippen LogP contribution in [0.1, 0.15) is 0 Å². The molecule has 86 valence electrons. The first-order chi connectivity index (χ1) is 6.81. The summed E-state index contributed by atoms with van der Waals surface area (Å²) >= 11 is 0. The van der Waals surface area contributed by atoms with Crippen LogP contribution in [0.2, 0.25) is 0 Å². The number of likely N-dealkylation sites (N-methyl/N-ethyl adjacent to an activating group) is 1. The standard InChI is InChI=1S/C6H6O.C5H11NO2.Rf/c7-6-4-2-1-3-5-6;1-6(2,3)4-5(7)8;/h1-5,7H;4H2,1-3H3;/p+1. The summed E-state index contributed by atoms with van der Waals surface area (Å²) < 4.78 is 0.481. The minimum Gasteiger partial charge on any atom is -0.508 e. The van der Waals surface area contributed by atoms with E-state index < -0.39 is 5.97 Å². The van der Waals surface area contributed by atoms with Crippen molar-refractivity contribution >= 4 is 5.97 Å². The fourth-order valence-corrected chi connectivity index (χ4v) is 0.834. The Bertz CT molecular complexity index is 296. The van der Waals surface area contributed by atoms with Gasteiger partial charge in [-0.3, -0.25) is 0 Å². The second-order valence-electron chi connectivity index (χ2n) is 4.18. The number of aliphatic carboxylic acids is 1. The van der Waals surface area contributed by atoms with Gasteiger partial charge in [0.1, 0.15) is 5.75 Å². The molecule has 0 aliphatic heterocycles. The molecule has 0 aromatic heterocycles. The van der Waals surface area contributed by atoms with Gasteiger partial charge in [0, 0.05) is 0 Å². The van der Waals surface area contributed by atoms with Crippen LogP contribution in [0.5, 0.6) is 5.75 Å². The van der Waals surface area contributed by atoms with Crippen molar-refractivity contribution in [2.75, 3.05) is 27.7 Å². The van der Waals surface area contributed by atoms with E-state index >= 15 is 0 Å². The first kappa shape index (κ1) is 15.9. The average Bonchev–Trinajstić information content (AvgIpc) is 2.01. The zero-order valence-corrected chi connectivity index (χ0v) is 16.5. The quantitative estimate of drug-likeness (QED) is 0.627. The van der Waals surface area contributed by atoms with Crippen LogP contribution in [0.4, 0.5) is 0 Å². The Hall–Kier alpha value is -2.55. The van der Waals surface area contributed by atoms with Crippen molar-refractivity contribution in [2.24, 2.45) is 0 Å². The molecule has 16 heavy (non-hydrogen) atoms. The predicted molar refractivity (Wildman–Crippen MR) is 58.6 cm³/mol. The van der Waals surface area contributed by atoms with Gasteiger partial charge in [0.2, 0.25) is 0 Å². The maximum Gasteiger partial charge on any atom is 0.359 e. The summed E-state index contributed by atoms with van der Waals surface area (Å²) in [4.78, 5) is 10.00. The third kappa shape index (κ3) is 11.4. The summed E-state index contributed by atoms with van der Waals surface area (Å²) in [5.74, 6) is -0.431. The molecule has 0 unspecified atom stereocenters. The topological polar surface area (TPSA) is 57.5 Å². The molecule has 0 fully saturated rings. The minimum absolute atomic E-state index is 0. The van der Waals surface area contributed by atoms with Crippen molar-refractivity contribution in [3.63, 3.8) is 0 Å². The van der Waals surface area contributed by atoms with E-state index in [9.17, 15) is 4.79 Å². The van der Waals surface area contributed by atoms with E-state index in [1.807, 2.05) is 27.2 Å². The maximum absolute atomic E-state index is 10.00. The molecular formula is C11H18NO3Rf+. The van der Waals surface area contributed by atoms with Gasteiger partial charge < -0.3 is 14.7 Å². The van der Waals surface area contributed by atoms with Gasteiger partial charge in [-0.1, -0.05) is 18.2 Å². The van der Waals surface area contributed by atoms with Gasteiger partial charge in [0.25, 0.3) is 0 Å². The monoisotopic (exact) mass is 479 g/mol. The van der Waals surface area contributed by atoms with Gasteiger partial charge in [0.05, 0.1) is 21.1 Å². The van der Waals surface area contributed by atoms with E-state index in [-0.39, 0.29) is 6.54 Å². The molecule has 0 atom stereocenters. The first-order valence-corrected chi connectivity index (χ1v) is 4.57. The van der Waals surface area contributed by atoms with Gasteiger partial charge in [-0.15, -0.1) is 0 Å². The third-order valence-corrected chi connectivity index (χ3v) is 1.37. The molecule has 0 aliphatic rings. The fraction of sp³-hybridized carbons (Fsp3) is 0.364. The predicted octanol–water partition coefficient (Wildman–Crippen LogP) is 1.17. The number of benzene rings is 1. The summed E-state index contributed by atoms with van der Waals surface area (Å²) in [5.41, 5.74) is 0. The van der Waals surface area contributed by atoms with Crippen LogP contribution < -0.4 is 0 Å². The number of hydrogen-bond donors (Lipinski definition) is 2.